The van der Waals surface area contributed by atoms with Crippen LogP contribution in [0.4, 0.5) is 0 Å². The van der Waals surface area contributed by atoms with Crippen LogP contribution in [0, 0.1) is 5.92 Å². The Balaban J connectivity index is 1.72. The number of amides is 1. The van der Waals surface area contributed by atoms with Crippen LogP contribution in [-0.4, -0.2) is 66.2 Å². The van der Waals surface area contributed by atoms with E-state index < -0.39 is 0 Å². The largest absolute Gasteiger partial charge is 0.395 e. The van der Waals surface area contributed by atoms with E-state index in [1.165, 1.54) is 6.42 Å². The lowest BCUT2D eigenvalue weighted by Crippen LogP contribution is -2.49. The molecule has 19 heavy (non-hydrogen) atoms. The van der Waals surface area contributed by atoms with Crippen molar-refractivity contribution >= 4 is 5.91 Å². The summed E-state index contributed by atoms with van der Waals surface area (Å²) in [5, 5.41) is 8.90. The summed E-state index contributed by atoms with van der Waals surface area (Å²) in [5.74, 6) is 0.787. The van der Waals surface area contributed by atoms with Gasteiger partial charge in [0.05, 0.1) is 6.61 Å². The van der Waals surface area contributed by atoms with Crippen molar-refractivity contribution in [2.24, 2.45) is 11.7 Å². The number of rotatable bonds is 4. The monoisotopic (exact) mass is 269 g/mol. The van der Waals surface area contributed by atoms with Crippen molar-refractivity contribution in [2.75, 3.05) is 39.3 Å². The number of carbonyl (C=O) groups excluding carboxylic acids is 1. The first kappa shape index (κ1) is 14.8. The molecule has 2 fully saturated rings. The minimum atomic E-state index is 0.202. The van der Waals surface area contributed by atoms with Gasteiger partial charge < -0.3 is 15.7 Å². The van der Waals surface area contributed by atoms with Crippen molar-refractivity contribution in [3.05, 3.63) is 0 Å². The molecular weight excluding hydrogens is 242 g/mol. The number of aliphatic hydroxyl groups excluding tert-OH is 1. The molecule has 2 aliphatic rings. The first-order valence-corrected chi connectivity index (χ1v) is 7.55. The van der Waals surface area contributed by atoms with Gasteiger partial charge in [-0.25, -0.2) is 0 Å². The summed E-state index contributed by atoms with van der Waals surface area (Å²) in [6.45, 7) is 4.30. The number of hydrogen-bond donors (Lipinski definition) is 2. The maximum absolute atomic E-state index is 12.3. The number of nitrogens with zero attached hydrogens (tertiary/aromatic N) is 2. The Morgan fingerprint density at radius 3 is 2.58 bits per heavy atom. The summed E-state index contributed by atoms with van der Waals surface area (Å²) >= 11 is 0. The van der Waals surface area contributed by atoms with Crippen molar-refractivity contribution in [1.82, 2.24) is 9.80 Å². The Labute approximate surface area is 115 Å². The van der Waals surface area contributed by atoms with E-state index in [4.69, 9.17) is 10.8 Å². The fourth-order valence-corrected chi connectivity index (χ4v) is 3.26. The molecule has 0 bridgehead atoms. The van der Waals surface area contributed by atoms with E-state index in [0.717, 1.165) is 52.0 Å². The number of aliphatic hydroxyl groups is 1. The standard InChI is InChI=1S/C14H27N3O2/c15-13-3-1-2-12(10-13)11-14(19)17-6-4-16(5-7-17)8-9-18/h12-13,18H,1-11,15H2. The molecule has 0 spiro atoms. The molecule has 110 valence electrons. The Bertz CT molecular complexity index is 290. The molecule has 3 N–H and O–H groups in total. The van der Waals surface area contributed by atoms with Gasteiger partial charge >= 0.3 is 0 Å². The first-order chi connectivity index (χ1) is 9.19. The molecule has 1 aliphatic heterocycles. The second-order valence-electron chi connectivity index (χ2n) is 5.94. The quantitative estimate of drug-likeness (QED) is 0.755. The van der Waals surface area contributed by atoms with Crippen LogP contribution in [0.25, 0.3) is 0 Å². The molecule has 2 rings (SSSR count). The van der Waals surface area contributed by atoms with E-state index in [-0.39, 0.29) is 6.61 Å². The minimum absolute atomic E-state index is 0.202. The van der Waals surface area contributed by atoms with Gasteiger partial charge in [0.2, 0.25) is 5.91 Å². The van der Waals surface area contributed by atoms with Gasteiger partial charge in [-0.3, -0.25) is 9.69 Å². The van der Waals surface area contributed by atoms with E-state index in [2.05, 4.69) is 4.90 Å². The normalized spacial score (nSPS) is 29.5. The summed E-state index contributed by atoms with van der Waals surface area (Å²) in [5.41, 5.74) is 5.98. The zero-order valence-electron chi connectivity index (χ0n) is 11.8. The molecule has 5 heteroatoms. The summed E-state index contributed by atoms with van der Waals surface area (Å²) in [4.78, 5) is 16.4. The van der Waals surface area contributed by atoms with E-state index in [0.29, 0.717) is 24.3 Å². The topological polar surface area (TPSA) is 69.8 Å². The molecule has 1 saturated heterocycles. The van der Waals surface area contributed by atoms with Gasteiger partial charge in [0.1, 0.15) is 0 Å². The Morgan fingerprint density at radius 2 is 1.95 bits per heavy atom. The van der Waals surface area contributed by atoms with E-state index in [1.807, 2.05) is 4.90 Å². The average molecular weight is 269 g/mol. The second kappa shape index (κ2) is 7.22. The first-order valence-electron chi connectivity index (χ1n) is 7.55. The lowest BCUT2D eigenvalue weighted by atomic mass is 9.84. The highest BCUT2D eigenvalue weighted by Gasteiger charge is 2.26. The molecular formula is C14H27N3O2. The van der Waals surface area contributed by atoms with Crippen molar-refractivity contribution in [1.29, 1.82) is 0 Å². The lowest BCUT2D eigenvalue weighted by molar-refractivity contribution is -0.134. The highest BCUT2D eigenvalue weighted by atomic mass is 16.3. The number of β-amino-alcohol motifs (C(OH)–C–C–N with tert-alkyl or cyclic N) is 1. The molecule has 5 nitrogen and oxygen atoms in total. The molecule has 0 aromatic heterocycles. The van der Waals surface area contributed by atoms with Gasteiger partial charge in [0.25, 0.3) is 0 Å². The van der Waals surface area contributed by atoms with Crippen molar-refractivity contribution < 1.29 is 9.90 Å². The maximum Gasteiger partial charge on any atom is 0.222 e. The maximum atomic E-state index is 12.3. The van der Waals surface area contributed by atoms with Gasteiger partial charge in [-0.15, -0.1) is 0 Å². The predicted molar refractivity (Wildman–Crippen MR) is 74.7 cm³/mol. The predicted octanol–water partition coefficient (Wildman–Crippen LogP) is 0.0305. The minimum Gasteiger partial charge on any atom is -0.395 e. The van der Waals surface area contributed by atoms with E-state index in [9.17, 15) is 4.79 Å². The molecule has 2 unspecified atom stereocenters. The van der Waals surface area contributed by atoms with Crippen LogP contribution in [0.3, 0.4) is 0 Å². The third kappa shape index (κ3) is 4.44. The third-order valence-electron chi connectivity index (χ3n) is 4.43. The van der Waals surface area contributed by atoms with Crippen molar-refractivity contribution in [2.45, 2.75) is 38.1 Å². The molecule has 0 radical (unpaired) electrons. The Hall–Kier alpha value is -0.650. The highest BCUT2D eigenvalue weighted by Crippen LogP contribution is 2.26. The van der Waals surface area contributed by atoms with Gasteiger partial charge in [0, 0.05) is 45.2 Å². The summed E-state index contributed by atoms with van der Waals surface area (Å²) < 4.78 is 0. The molecule has 1 amide bonds. The Morgan fingerprint density at radius 1 is 1.21 bits per heavy atom. The number of nitrogens with two attached hydrogens (primary N) is 1. The average Bonchev–Trinajstić information content (AvgIpc) is 2.40. The number of piperazine rings is 1. The van der Waals surface area contributed by atoms with Crippen molar-refractivity contribution in [3.8, 4) is 0 Å². The Kier molecular flexibility index (Phi) is 5.60. The van der Waals surface area contributed by atoms with Crippen molar-refractivity contribution in [3.63, 3.8) is 0 Å². The fraction of sp³-hybridized carbons (Fsp3) is 0.929. The highest BCUT2D eigenvalue weighted by molar-refractivity contribution is 5.76. The van der Waals surface area contributed by atoms with Crippen LogP contribution in [-0.2, 0) is 4.79 Å². The van der Waals surface area contributed by atoms with E-state index in [1.54, 1.807) is 0 Å². The number of hydrogen-bond acceptors (Lipinski definition) is 4. The molecule has 0 aromatic rings. The summed E-state index contributed by atoms with van der Waals surface area (Å²) in [7, 11) is 0. The second-order valence-corrected chi connectivity index (χ2v) is 5.94. The van der Waals surface area contributed by atoms with Crippen LogP contribution in [0.15, 0.2) is 0 Å². The van der Waals surface area contributed by atoms with Crippen LogP contribution < -0.4 is 5.73 Å². The van der Waals surface area contributed by atoms with Gasteiger partial charge in [-0.2, -0.15) is 0 Å². The molecule has 1 heterocycles. The van der Waals surface area contributed by atoms with E-state index >= 15 is 0 Å². The van der Waals surface area contributed by atoms with Crippen LogP contribution in [0.1, 0.15) is 32.1 Å². The molecule has 1 aliphatic carbocycles. The summed E-state index contributed by atoms with van der Waals surface area (Å²) in [6, 6.07) is 0.299. The van der Waals surface area contributed by atoms with Crippen LogP contribution >= 0.6 is 0 Å². The SMILES string of the molecule is NC1CCCC(CC(=O)N2CCN(CCO)CC2)C1. The zero-order chi connectivity index (χ0) is 13.7. The lowest BCUT2D eigenvalue weighted by Gasteiger charge is -2.35. The molecule has 1 saturated carbocycles. The zero-order valence-corrected chi connectivity index (χ0v) is 11.8. The van der Waals surface area contributed by atoms with Gasteiger partial charge in [0.15, 0.2) is 0 Å². The summed E-state index contributed by atoms with van der Waals surface area (Å²) in [6.07, 6.45) is 5.13. The third-order valence-corrected chi connectivity index (χ3v) is 4.43. The van der Waals surface area contributed by atoms with Crippen LogP contribution in [0.5, 0.6) is 0 Å². The van der Waals surface area contributed by atoms with Crippen LogP contribution in [0.2, 0.25) is 0 Å². The molecule has 2 atom stereocenters. The fourth-order valence-electron chi connectivity index (χ4n) is 3.26. The van der Waals surface area contributed by atoms with Gasteiger partial charge in [-0.1, -0.05) is 6.42 Å². The molecule has 0 aromatic carbocycles. The number of carbonyl (C=O) groups is 1. The van der Waals surface area contributed by atoms with Gasteiger partial charge in [-0.05, 0) is 25.2 Å². The smallest absolute Gasteiger partial charge is 0.222 e.